The third kappa shape index (κ3) is 12.9. The molecule has 1 atom stereocenters. The van der Waals surface area contributed by atoms with Crippen LogP contribution < -0.4 is 16.2 Å². The van der Waals surface area contributed by atoms with Gasteiger partial charge >= 0.3 is 0 Å². The number of allylic oxidation sites excluding steroid dienone is 4. The van der Waals surface area contributed by atoms with Crippen LogP contribution in [0.4, 0.5) is 11.4 Å². The number of rotatable bonds is 27. The second-order valence-corrected chi connectivity index (χ2v) is 23.7. The molecule has 3 N–H and O–H groups in total. The maximum Gasteiger partial charge on any atom is 0.233 e. The Morgan fingerprint density at radius 2 is 1.22 bits per heavy atom. The van der Waals surface area contributed by atoms with E-state index in [4.69, 9.17) is 29.5 Å². The van der Waals surface area contributed by atoms with E-state index in [1.807, 2.05) is 11.5 Å². The van der Waals surface area contributed by atoms with Crippen LogP contribution in [0, 0.1) is 0 Å². The summed E-state index contributed by atoms with van der Waals surface area (Å²) < 4.78 is 181. The van der Waals surface area contributed by atoms with Crippen LogP contribution in [0.25, 0.3) is 21.5 Å². The molecule has 2 aliphatic heterocycles. The molecule has 2 aliphatic rings. The number of nitrogens with zero attached hydrogens (tertiary/aromatic N) is 2. The lowest BCUT2D eigenvalue weighted by atomic mass is 9.76. The minimum absolute atomic E-state index is 0.0191. The fourth-order valence-corrected chi connectivity index (χ4v) is 12.3. The third-order valence-electron chi connectivity index (χ3n) is 13.2. The first-order valence-corrected chi connectivity index (χ1v) is 28.9. The highest BCUT2D eigenvalue weighted by Gasteiger charge is 2.47. The molecule has 0 saturated heterocycles. The fourth-order valence-electron chi connectivity index (χ4n) is 9.74. The van der Waals surface area contributed by atoms with Crippen molar-refractivity contribution in [3.63, 3.8) is 0 Å². The lowest BCUT2D eigenvalue weighted by Gasteiger charge is -2.31. The molecule has 406 valence electrons. The van der Waals surface area contributed by atoms with E-state index in [9.17, 15) is 56.7 Å². The Bertz CT molecular complexity index is 3340. The van der Waals surface area contributed by atoms with Gasteiger partial charge in [0.1, 0.15) is 47.0 Å². The fraction of sp³-hybridized carbons (Fsp3) is 0.458. The van der Waals surface area contributed by atoms with E-state index in [0.29, 0.717) is 86.5 Å². The summed E-state index contributed by atoms with van der Waals surface area (Å²) in [6, 6.07) is 8.92. The minimum atomic E-state index is -5.32. The highest BCUT2D eigenvalue weighted by Crippen LogP contribution is 2.54. The number of carbonyl (C=O) groups excluding carboxylic acids is 1. The molecule has 0 aromatic heterocycles. The number of hydrogen-bond acceptors (Lipinski definition) is 20. The van der Waals surface area contributed by atoms with E-state index < -0.39 is 70.9 Å². The predicted octanol–water partition coefficient (Wildman–Crippen LogP) is 3.49. The standard InChI is InChI=1S/C48H62N4O18S4/c1-47(2)42(51(18-8-6-7-12-44(53)50-49)38-16-15-35-36(45(38)47)29-33(72(57,58)59)30-40(35)73(60,61)62)10-9-11-43-48(3,17-20-68-24-25-70-27-26-69-23-22-67-5)46-37-28-32(71(54,55)56)13-14-34(37)41(74(63,64)65)31-39(46)52(43)19-21-66-4/h9-11,13-16,28-31H,6-8,12,17-27,49H2,1-5H3,(H4-,50,53,54,55,56,57,58,59,60,61,62,63,64,65)/p-3. The number of ether oxygens (including phenoxy) is 5. The average molecular weight is 1110 g/mol. The van der Waals surface area contributed by atoms with E-state index in [-0.39, 0.29) is 79.0 Å². The Balaban J connectivity index is 1.53. The number of hydrazine groups is 1. The second-order valence-electron chi connectivity index (χ2n) is 18.3. The van der Waals surface area contributed by atoms with Gasteiger partial charge in [-0.15, -0.1) is 0 Å². The van der Waals surface area contributed by atoms with Gasteiger partial charge in [0, 0.05) is 80.1 Å². The number of amides is 1. The van der Waals surface area contributed by atoms with E-state index in [0.717, 1.165) is 24.3 Å². The first-order chi connectivity index (χ1) is 34.7. The number of nitrogens with two attached hydrogens (primary N) is 1. The average Bonchev–Trinajstić information content (AvgIpc) is 3.69. The largest absolute Gasteiger partial charge is 0.744 e. The number of hydrogen-bond donors (Lipinski definition) is 2. The van der Waals surface area contributed by atoms with Crippen LogP contribution in [-0.2, 0) is 79.8 Å². The van der Waals surface area contributed by atoms with Gasteiger partial charge in [-0.1, -0.05) is 12.1 Å². The molecule has 22 nitrogen and oxygen atoms in total. The van der Waals surface area contributed by atoms with Crippen molar-refractivity contribution in [1.82, 2.24) is 5.43 Å². The number of methoxy groups -OCH3 is 2. The number of carbonyl (C=O) groups is 1. The lowest BCUT2D eigenvalue weighted by Crippen LogP contribution is -2.32. The van der Waals surface area contributed by atoms with Gasteiger partial charge in [0.05, 0.1) is 71.2 Å². The first-order valence-electron chi connectivity index (χ1n) is 23.3. The molecule has 0 radical (unpaired) electrons. The molecule has 0 saturated carbocycles. The molecule has 6 rings (SSSR count). The zero-order valence-electron chi connectivity index (χ0n) is 41.4. The van der Waals surface area contributed by atoms with E-state index in [1.54, 1.807) is 50.2 Å². The van der Waals surface area contributed by atoms with Gasteiger partial charge in [-0.2, -0.15) is 4.58 Å². The summed E-state index contributed by atoms with van der Waals surface area (Å²) in [5, 5.41) is -0.166. The van der Waals surface area contributed by atoms with Gasteiger partial charge in [0.15, 0.2) is 5.71 Å². The van der Waals surface area contributed by atoms with Crippen molar-refractivity contribution in [2.45, 2.75) is 83.3 Å². The highest BCUT2D eigenvalue weighted by atomic mass is 32.2. The summed E-state index contributed by atoms with van der Waals surface area (Å²) in [5.74, 6) is 4.92. The van der Waals surface area contributed by atoms with Crippen LogP contribution in [0.2, 0.25) is 0 Å². The molecular formula is C48H59N4O18S4-3. The first kappa shape index (κ1) is 58.5. The highest BCUT2D eigenvalue weighted by molar-refractivity contribution is 7.87. The summed E-state index contributed by atoms with van der Waals surface area (Å²) in [5.41, 5.74) is 2.40. The van der Waals surface area contributed by atoms with Gasteiger partial charge in [0.25, 0.3) is 0 Å². The van der Waals surface area contributed by atoms with Gasteiger partial charge < -0.3 is 46.8 Å². The molecule has 0 spiro atoms. The second kappa shape index (κ2) is 23.6. The molecule has 0 aliphatic carbocycles. The molecule has 4 aromatic rings. The summed E-state index contributed by atoms with van der Waals surface area (Å²) in [4.78, 5) is 10.5. The minimum Gasteiger partial charge on any atom is -0.744 e. The smallest absolute Gasteiger partial charge is 0.233 e. The number of benzene rings is 4. The summed E-state index contributed by atoms with van der Waals surface area (Å²) in [7, 11) is -17.9. The van der Waals surface area contributed by atoms with Crippen LogP contribution in [0.3, 0.4) is 0 Å². The lowest BCUT2D eigenvalue weighted by molar-refractivity contribution is -0.438. The summed E-state index contributed by atoms with van der Waals surface area (Å²) in [6.07, 6.45) is 7.06. The van der Waals surface area contributed by atoms with Crippen LogP contribution in [0.1, 0.15) is 64.0 Å². The van der Waals surface area contributed by atoms with Crippen molar-refractivity contribution >= 4 is 85.0 Å². The van der Waals surface area contributed by atoms with Crippen molar-refractivity contribution in [3.05, 3.63) is 83.6 Å². The van der Waals surface area contributed by atoms with E-state index >= 15 is 0 Å². The molecule has 0 fully saturated rings. The normalized spacial score (nSPS) is 17.6. The number of unbranched alkanes of at least 4 members (excludes halogenated alkanes) is 2. The van der Waals surface area contributed by atoms with Crippen LogP contribution in [0.5, 0.6) is 0 Å². The molecule has 2 heterocycles. The van der Waals surface area contributed by atoms with Gasteiger partial charge in [-0.05, 0) is 104 Å². The number of fused-ring (bicyclic) bond motifs is 6. The van der Waals surface area contributed by atoms with Crippen molar-refractivity contribution in [2.24, 2.45) is 5.84 Å². The Kier molecular flexibility index (Phi) is 18.7. The van der Waals surface area contributed by atoms with Gasteiger partial charge in [-0.3, -0.25) is 10.2 Å². The molecule has 4 aromatic carbocycles. The number of anilines is 1. The van der Waals surface area contributed by atoms with Crippen molar-refractivity contribution in [2.75, 3.05) is 85.1 Å². The Morgan fingerprint density at radius 1 is 0.662 bits per heavy atom. The third-order valence-corrected chi connectivity index (χ3v) is 16.6. The zero-order chi connectivity index (χ0) is 54.4. The molecular weight excluding hydrogens is 1050 g/mol. The quantitative estimate of drug-likeness (QED) is 0.0215. The van der Waals surface area contributed by atoms with E-state index in [2.05, 4.69) is 5.43 Å². The zero-order valence-corrected chi connectivity index (χ0v) is 44.7. The topological polar surface area (TPSA) is 336 Å². The van der Waals surface area contributed by atoms with Gasteiger partial charge in [-0.25, -0.2) is 39.5 Å². The van der Waals surface area contributed by atoms with Crippen LogP contribution >= 0.6 is 0 Å². The summed E-state index contributed by atoms with van der Waals surface area (Å²) >= 11 is 0. The van der Waals surface area contributed by atoms with Crippen molar-refractivity contribution in [3.8, 4) is 0 Å². The Hall–Kier alpha value is -4.78. The van der Waals surface area contributed by atoms with E-state index in [1.165, 1.54) is 19.2 Å². The molecule has 1 unspecified atom stereocenters. The monoisotopic (exact) mass is 1110 g/mol. The maximum absolute atomic E-state index is 13.0. The Morgan fingerprint density at radius 3 is 1.80 bits per heavy atom. The summed E-state index contributed by atoms with van der Waals surface area (Å²) in [6.45, 7) is 7.76. The van der Waals surface area contributed by atoms with Crippen molar-refractivity contribution in [1.29, 1.82) is 0 Å². The van der Waals surface area contributed by atoms with Crippen molar-refractivity contribution < 1.29 is 84.9 Å². The predicted molar refractivity (Wildman–Crippen MR) is 266 cm³/mol. The SMILES string of the molecule is COCCOCCOCCOCCC1(C)C(=CC=CC2=[N+](CCCCCC(=O)NN)c3ccc4c(S(=O)(=O)[O-])cc(S(=O)(=O)[O-])cc4c3C2(C)C)N(CCOC)c2cc(S(=O)(=O)[O-])c3ccc(S(=O)(=O)[O-])cc3c21. The Labute approximate surface area is 431 Å². The number of nitrogens with one attached hydrogen (secondary N) is 1. The molecule has 1 amide bonds. The van der Waals surface area contributed by atoms with Crippen LogP contribution in [-0.4, -0.2) is 148 Å². The maximum atomic E-state index is 13.0. The molecule has 74 heavy (non-hydrogen) atoms. The molecule has 0 bridgehead atoms. The van der Waals surface area contributed by atoms with Gasteiger partial charge in [0.2, 0.25) is 11.6 Å². The molecule has 26 heteroatoms. The van der Waals surface area contributed by atoms with Crippen LogP contribution in [0.15, 0.2) is 92.0 Å².